The number of carbonyl (C=O) groups excluding carboxylic acids is 2. The van der Waals surface area contributed by atoms with Gasteiger partial charge in [0.05, 0.1) is 18.7 Å². The first-order valence-electron chi connectivity index (χ1n) is 10.5. The summed E-state index contributed by atoms with van der Waals surface area (Å²) in [6, 6.07) is 23.6. The van der Waals surface area contributed by atoms with E-state index in [9.17, 15) is 14.7 Å². The molecular weight excluding hydrogens is 402 g/mol. The second-order valence-electron chi connectivity index (χ2n) is 7.87. The number of likely N-dealkylation sites (tertiary alicyclic amines) is 1. The molecule has 0 bridgehead atoms. The van der Waals surface area contributed by atoms with Crippen LogP contribution in [0.15, 0.2) is 84.4 Å². The molecule has 0 unspecified atom stereocenters. The lowest BCUT2D eigenvalue weighted by Crippen LogP contribution is -2.31. The number of aryl methyl sites for hydroxylation is 1. The Labute approximate surface area is 187 Å². The normalized spacial score (nSPS) is 17.6. The van der Waals surface area contributed by atoms with E-state index in [1.165, 1.54) is 0 Å². The van der Waals surface area contributed by atoms with Crippen LogP contribution in [0.3, 0.4) is 0 Å². The average molecular weight is 428 g/mol. The van der Waals surface area contributed by atoms with E-state index in [0.29, 0.717) is 24.3 Å². The molecule has 5 nitrogen and oxygen atoms in total. The quantitative estimate of drug-likeness (QED) is 0.353. The van der Waals surface area contributed by atoms with Gasteiger partial charge in [0.2, 0.25) is 0 Å². The Morgan fingerprint density at radius 3 is 2.22 bits per heavy atom. The molecule has 1 aliphatic heterocycles. The summed E-state index contributed by atoms with van der Waals surface area (Å²) in [5.74, 6) is -0.757. The van der Waals surface area contributed by atoms with Gasteiger partial charge in [0.1, 0.15) is 11.5 Å². The lowest BCUT2D eigenvalue weighted by atomic mass is 9.95. The Bertz CT molecular complexity index is 1150. The minimum absolute atomic E-state index is 0.108. The Morgan fingerprint density at radius 1 is 0.938 bits per heavy atom. The van der Waals surface area contributed by atoms with Crippen molar-refractivity contribution in [1.29, 1.82) is 0 Å². The zero-order chi connectivity index (χ0) is 22.7. The Kier molecular flexibility index (Phi) is 6.08. The van der Waals surface area contributed by atoms with Gasteiger partial charge in [-0.15, -0.1) is 0 Å². The van der Waals surface area contributed by atoms with Gasteiger partial charge in [-0.1, -0.05) is 72.3 Å². The number of rotatable bonds is 6. The highest BCUT2D eigenvalue weighted by Gasteiger charge is 2.45. The number of amides is 1. The van der Waals surface area contributed by atoms with E-state index >= 15 is 0 Å². The van der Waals surface area contributed by atoms with E-state index < -0.39 is 17.7 Å². The van der Waals surface area contributed by atoms with E-state index in [-0.39, 0.29) is 11.3 Å². The fraction of sp³-hybridized carbons (Fsp3) is 0.185. The Hall–Kier alpha value is -3.86. The first-order chi connectivity index (χ1) is 15.5. The van der Waals surface area contributed by atoms with Crippen LogP contribution in [-0.4, -0.2) is 35.4 Å². The maximum atomic E-state index is 13.1. The molecule has 1 fully saturated rings. The molecule has 4 rings (SSSR count). The van der Waals surface area contributed by atoms with Crippen LogP contribution in [0.4, 0.5) is 0 Å². The summed E-state index contributed by atoms with van der Waals surface area (Å²) in [4.78, 5) is 27.7. The number of benzene rings is 3. The molecule has 1 saturated heterocycles. The molecule has 32 heavy (non-hydrogen) atoms. The van der Waals surface area contributed by atoms with E-state index in [1.807, 2.05) is 61.5 Å². The molecule has 0 aliphatic carbocycles. The third kappa shape index (κ3) is 4.14. The predicted octanol–water partition coefficient (Wildman–Crippen LogP) is 4.67. The molecule has 1 aliphatic rings. The highest BCUT2D eigenvalue weighted by molar-refractivity contribution is 6.46. The average Bonchev–Trinajstić information content (AvgIpc) is 3.08. The van der Waals surface area contributed by atoms with E-state index in [0.717, 1.165) is 16.7 Å². The van der Waals surface area contributed by atoms with E-state index in [1.54, 1.807) is 36.3 Å². The molecule has 1 heterocycles. The molecule has 0 saturated carbocycles. The summed E-state index contributed by atoms with van der Waals surface area (Å²) in [5.41, 5.74) is 3.47. The summed E-state index contributed by atoms with van der Waals surface area (Å²) >= 11 is 0. The molecule has 0 aromatic heterocycles. The number of aliphatic hydroxyl groups is 1. The zero-order valence-corrected chi connectivity index (χ0v) is 18.1. The largest absolute Gasteiger partial charge is 0.507 e. The van der Waals surface area contributed by atoms with Crippen molar-refractivity contribution in [2.24, 2.45) is 0 Å². The van der Waals surface area contributed by atoms with Crippen molar-refractivity contribution in [1.82, 2.24) is 4.90 Å². The Morgan fingerprint density at radius 2 is 1.59 bits per heavy atom. The van der Waals surface area contributed by atoms with Crippen molar-refractivity contribution in [3.05, 3.63) is 107 Å². The number of ketones is 1. The van der Waals surface area contributed by atoms with Crippen LogP contribution in [-0.2, 0) is 16.0 Å². The fourth-order valence-electron chi connectivity index (χ4n) is 4.00. The van der Waals surface area contributed by atoms with Gasteiger partial charge in [-0.25, -0.2) is 0 Å². The lowest BCUT2D eigenvalue weighted by Gasteiger charge is -2.25. The van der Waals surface area contributed by atoms with Crippen LogP contribution >= 0.6 is 0 Å². The Balaban J connectivity index is 1.77. The van der Waals surface area contributed by atoms with Crippen molar-refractivity contribution in [2.75, 3.05) is 13.7 Å². The number of hydrogen-bond acceptors (Lipinski definition) is 4. The monoisotopic (exact) mass is 427 g/mol. The summed E-state index contributed by atoms with van der Waals surface area (Å²) in [5, 5.41) is 11.1. The van der Waals surface area contributed by atoms with Crippen molar-refractivity contribution in [3.8, 4) is 5.75 Å². The molecule has 1 N–H and O–H groups in total. The molecule has 3 aromatic carbocycles. The number of hydrogen-bond donors (Lipinski definition) is 1. The zero-order valence-electron chi connectivity index (χ0n) is 18.1. The van der Waals surface area contributed by atoms with Crippen LogP contribution in [0, 0.1) is 6.92 Å². The van der Waals surface area contributed by atoms with Gasteiger partial charge in [0.25, 0.3) is 11.7 Å². The highest BCUT2D eigenvalue weighted by Crippen LogP contribution is 2.39. The van der Waals surface area contributed by atoms with Gasteiger partial charge in [-0.05, 0) is 36.6 Å². The number of ether oxygens (including phenoxy) is 1. The van der Waals surface area contributed by atoms with Crippen LogP contribution in [0.25, 0.3) is 5.76 Å². The minimum Gasteiger partial charge on any atom is -0.507 e. The molecule has 162 valence electrons. The second kappa shape index (κ2) is 9.10. The van der Waals surface area contributed by atoms with Gasteiger partial charge in [-0.2, -0.15) is 0 Å². The standard InChI is InChI=1S/C27H25NO4/c1-18-8-10-21(11-9-18)25(29)23-24(20-12-14-22(32-2)15-13-20)28(27(31)26(23)30)17-16-19-6-4-3-5-7-19/h3-15,24,29H,16-17H2,1-2H3/t24-/m0/s1. The van der Waals surface area contributed by atoms with E-state index in [4.69, 9.17) is 4.74 Å². The fourth-order valence-corrected chi connectivity index (χ4v) is 4.00. The van der Waals surface area contributed by atoms with Gasteiger partial charge in [0.15, 0.2) is 0 Å². The summed E-state index contributed by atoms with van der Waals surface area (Å²) in [6.45, 7) is 2.31. The molecular formula is C27H25NO4. The van der Waals surface area contributed by atoms with Gasteiger partial charge in [0, 0.05) is 12.1 Å². The van der Waals surface area contributed by atoms with Gasteiger partial charge < -0.3 is 14.7 Å². The number of nitrogens with zero attached hydrogens (tertiary/aromatic N) is 1. The molecule has 0 spiro atoms. The summed E-state index contributed by atoms with van der Waals surface area (Å²) in [6.07, 6.45) is 0.602. The summed E-state index contributed by atoms with van der Waals surface area (Å²) < 4.78 is 5.25. The van der Waals surface area contributed by atoms with Crippen LogP contribution in [0.2, 0.25) is 0 Å². The number of methoxy groups -OCH3 is 1. The minimum atomic E-state index is -0.675. The maximum Gasteiger partial charge on any atom is 0.295 e. The van der Waals surface area contributed by atoms with Crippen molar-refractivity contribution in [2.45, 2.75) is 19.4 Å². The van der Waals surface area contributed by atoms with Crippen LogP contribution in [0.5, 0.6) is 5.75 Å². The second-order valence-corrected chi connectivity index (χ2v) is 7.87. The first-order valence-corrected chi connectivity index (χ1v) is 10.5. The van der Waals surface area contributed by atoms with Crippen LogP contribution < -0.4 is 4.74 Å². The highest BCUT2D eigenvalue weighted by atomic mass is 16.5. The molecule has 3 aromatic rings. The predicted molar refractivity (Wildman–Crippen MR) is 123 cm³/mol. The summed E-state index contributed by atoms with van der Waals surface area (Å²) in [7, 11) is 1.58. The SMILES string of the molecule is COc1ccc([C@H]2C(=C(O)c3ccc(C)cc3)C(=O)C(=O)N2CCc2ccccc2)cc1. The van der Waals surface area contributed by atoms with Crippen molar-refractivity contribution in [3.63, 3.8) is 0 Å². The van der Waals surface area contributed by atoms with Gasteiger partial charge >= 0.3 is 0 Å². The third-order valence-corrected chi connectivity index (χ3v) is 5.78. The molecule has 1 atom stereocenters. The first kappa shape index (κ1) is 21.4. The van der Waals surface area contributed by atoms with E-state index in [2.05, 4.69) is 0 Å². The number of Topliss-reactive ketones (excluding diaryl/α,β-unsaturated/α-hetero) is 1. The van der Waals surface area contributed by atoms with Gasteiger partial charge in [-0.3, -0.25) is 9.59 Å². The lowest BCUT2D eigenvalue weighted by molar-refractivity contribution is -0.139. The topological polar surface area (TPSA) is 66.8 Å². The maximum absolute atomic E-state index is 13.1. The van der Waals surface area contributed by atoms with Crippen molar-refractivity contribution < 1.29 is 19.4 Å². The third-order valence-electron chi connectivity index (χ3n) is 5.78. The van der Waals surface area contributed by atoms with Crippen LogP contribution in [0.1, 0.15) is 28.3 Å². The van der Waals surface area contributed by atoms with Crippen molar-refractivity contribution >= 4 is 17.4 Å². The smallest absolute Gasteiger partial charge is 0.295 e. The number of carbonyl (C=O) groups is 2. The number of aliphatic hydroxyl groups excluding tert-OH is 1. The molecule has 1 amide bonds. The molecule has 0 radical (unpaired) electrons. The molecule has 5 heteroatoms.